The van der Waals surface area contributed by atoms with Crippen molar-refractivity contribution in [2.24, 2.45) is 0 Å². The minimum atomic E-state index is -3.74. The summed E-state index contributed by atoms with van der Waals surface area (Å²) in [5.41, 5.74) is 5.78. The van der Waals surface area contributed by atoms with Crippen LogP contribution in [0.5, 0.6) is 0 Å². The molecule has 0 bridgehead atoms. The van der Waals surface area contributed by atoms with Gasteiger partial charge in [-0.05, 0) is 44.1 Å². The number of nitrogens with two attached hydrogens (primary N) is 1. The third kappa shape index (κ3) is 3.90. The summed E-state index contributed by atoms with van der Waals surface area (Å²) in [5, 5.41) is 0.501. The van der Waals surface area contributed by atoms with Crippen molar-refractivity contribution in [2.45, 2.75) is 49.3 Å². The molecule has 1 aliphatic carbocycles. The molecule has 0 heterocycles. The third-order valence-electron chi connectivity index (χ3n) is 3.72. The molecule has 0 amide bonds. The predicted octanol–water partition coefficient (Wildman–Crippen LogP) is 2.67. The Bertz CT molecular complexity index is 620. The van der Waals surface area contributed by atoms with Crippen LogP contribution >= 0.6 is 11.8 Å². The first kappa shape index (κ1) is 16.6. The van der Waals surface area contributed by atoms with Gasteiger partial charge in [-0.1, -0.05) is 6.92 Å². The van der Waals surface area contributed by atoms with Crippen LogP contribution in [-0.4, -0.2) is 25.5 Å². The number of nitrogen functional groups attached to an aromatic ring is 1. The zero-order chi connectivity index (χ0) is 15.6. The average molecular weight is 332 g/mol. The third-order valence-corrected chi connectivity index (χ3v) is 6.60. The van der Waals surface area contributed by atoms with E-state index in [1.54, 1.807) is 0 Å². The molecule has 0 saturated heterocycles. The Hall–Kier alpha value is -0.790. The normalized spacial score (nSPS) is 22.6. The van der Waals surface area contributed by atoms with Crippen LogP contribution in [0.15, 0.2) is 17.0 Å². The Kier molecular flexibility index (Phi) is 5.16. The van der Waals surface area contributed by atoms with E-state index in [9.17, 15) is 12.8 Å². The number of nitrogens with one attached hydrogen (secondary N) is 1. The molecule has 2 atom stereocenters. The van der Waals surface area contributed by atoms with Gasteiger partial charge in [0, 0.05) is 22.5 Å². The first-order chi connectivity index (χ1) is 9.83. The maximum absolute atomic E-state index is 13.7. The number of benzene rings is 1. The lowest BCUT2D eigenvalue weighted by Gasteiger charge is -2.15. The average Bonchev–Trinajstić information content (AvgIpc) is 2.80. The van der Waals surface area contributed by atoms with Crippen LogP contribution < -0.4 is 10.5 Å². The Morgan fingerprint density at radius 3 is 2.81 bits per heavy atom. The number of rotatable bonds is 5. The Balaban J connectivity index is 2.16. The molecule has 2 rings (SSSR count). The summed E-state index contributed by atoms with van der Waals surface area (Å²) >= 11 is 1.86. The highest BCUT2D eigenvalue weighted by molar-refractivity contribution is 7.99. The summed E-state index contributed by atoms with van der Waals surface area (Å²) in [6.07, 6.45) is 2.65. The molecule has 1 aromatic carbocycles. The second kappa shape index (κ2) is 6.54. The largest absolute Gasteiger partial charge is 0.399 e. The van der Waals surface area contributed by atoms with Crippen molar-refractivity contribution >= 4 is 27.5 Å². The molecule has 2 unspecified atom stereocenters. The quantitative estimate of drug-likeness (QED) is 0.813. The SMILES string of the molecule is CCSC1CCC(NS(=O)(=O)c2cc(N)cc(F)c2C)C1. The van der Waals surface area contributed by atoms with Gasteiger partial charge in [-0.3, -0.25) is 0 Å². The lowest BCUT2D eigenvalue weighted by molar-refractivity contribution is 0.549. The lowest BCUT2D eigenvalue weighted by Crippen LogP contribution is -2.33. The van der Waals surface area contributed by atoms with E-state index >= 15 is 0 Å². The van der Waals surface area contributed by atoms with Crippen LogP contribution in [0.2, 0.25) is 0 Å². The highest BCUT2D eigenvalue weighted by Gasteiger charge is 2.29. The van der Waals surface area contributed by atoms with Crippen molar-refractivity contribution in [1.82, 2.24) is 4.72 Å². The number of hydrogen-bond donors (Lipinski definition) is 2. The van der Waals surface area contributed by atoms with E-state index in [0.717, 1.165) is 31.1 Å². The standard InChI is InChI=1S/C14H21FN2O2S2/c1-3-20-12-5-4-11(8-12)17-21(18,19)14-7-10(16)6-13(15)9(14)2/h6-7,11-12,17H,3-5,8,16H2,1-2H3. The van der Waals surface area contributed by atoms with Crippen LogP contribution in [0.1, 0.15) is 31.7 Å². The summed E-state index contributed by atoms with van der Waals surface area (Å²) < 4.78 is 41.2. The number of halogens is 1. The van der Waals surface area contributed by atoms with Crippen LogP contribution in [0, 0.1) is 12.7 Å². The van der Waals surface area contributed by atoms with E-state index in [4.69, 9.17) is 5.73 Å². The van der Waals surface area contributed by atoms with Gasteiger partial charge in [0.05, 0.1) is 4.90 Å². The van der Waals surface area contributed by atoms with Crippen molar-refractivity contribution in [1.29, 1.82) is 0 Å². The number of anilines is 1. The van der Waals surface area contributed by atoms with Crippen molar-refractivity contribution in [2.75, 3.05) is 11.5 Å². The van der Waals surface area contributed by atoms with E-state index in [1.165, 1.54) is 13.0 Å². The highest BCUT2D eigenvalue weighted by Crippen LogP contribution is 2.31. The fourth-order valence-corrected chi connectivity index (χ4v) is 5.38. The van der Waals surface area contributed by atoms with Gasteiger partial charge in [-0.2, -0.15) is 11.8 Å². The summed E-state index contributed by atoms with van der Waals surface area (Å²) in [7, 11) is -3.74. The predicted molar refractivity (Wildman–Crippen MR) is 85.4 cm³/mol. The second-order valence-electron chi connectivity index (χ2n) is 5.33. The molecule has 3 N–H and O–H groups in total. The van der Waals surface area contributed by atoms with Gasteiger partial charge in [-0.25, -0.2) is 17.5 Å². The van der Waals surface area contributed by atoms with E-state index < -0.39 is 15.8 Å². The number of sulfonamides is 1. The van der Waals surface area contributed by atoms with Crippen LogP contribution in [0.3, 0.4) is 0 Å². The smallest absolute Gasteiger partial charge is 0.241 e. The van der Waals surface area contributed by atoms with Gasteiger partial charge in [0.1, 0.15) is 5.82 Å². The van der Waals surface area contributed by atoms with E-state index in [2.05, 4.69) is 11.6 Å². The Morgan fingerprint density at radius 2 is 2.14 bits per heavy atom. The maximum Gasteiger partial charge on any atom is 0.241 e. The molecule has 0 aromatic heterocycles. The minimum absolute atomic E-state index is 0.0633. The molecule has 118 valence electrons. The van der Waals surface area contributed by atoms with Gasteiger partial charge >= 0.3 is 0 Å². The Labute approximate surface area is 129 Å². The maximum atomic E-state index is 13.7. The molecule has 21 heavy (non-hydrogen) atoms. The molecule has 4 nitrogen and oxygen atoms in total. The molecule has 0 radical (unpaired) electrons. The molecule has 1 aliphatic rings. The molecule has 7 heteroatoms. The van der Waals surface area contributed by atoms with Crippen LogP contribution in [-0.2, 0) is 10.0 Å². The second-order valence-corrected chi connectivity index (χ2v) is 8.59. The van der Waals surface area contributed by atoms with Gasteiger partial charge in [-0.15, -0.1) is 0 Å². The fraction of sp³-hybridized carbons (Fsp3) is 0.571. The summed E-state index contributed by atoms with van der Waals surface area (Å²) in [5.74, 6) is 0.435. The first-order valence-electron chi connectivity index (χ1n) is 7.03. The van der Waals surface area contributed by atoms with E-state index in [1.807, 2.05) is 11.8 Å². The highest BCUT2D eigenvalue weighted by atomic mass is 32.2. The lowest BCUT2D eigenvalue weighted by atomic mass is 10.2. The summed E-state index contributed by atoms with van der Waals surface area (Å²) in [6.45, 7) is 3.55. The van der Waals surface area contributed by atoms with Crippen LogP contribution in [0.4, 0.5) is 10.1 Å². The molecule has 0 spiro atoms. The molecule has 1 saturated carbocycles. The van der Waals surface area contributed by atoms with Gasteiger partial charge in [0.2, 0.25) is 10.0 Å². The van der Waals surface area contributed by atoms with Gasteiger partial charge < -0.3 is 5.73 Å². The molecule has 0 aliphatic heterocycles. The molecular weight excluding hydrogens is 311 g/mol. The topological polar surface area (TPSA) is 72.2 Å². The summed E-state index contributed by atoms with van der Waals surface area (Å²) in [4.78, 5) is -0.0633. The van der Waals surface area contributed by atoms with Crippen LogP contribution in [0.25, 0.3) is 0 Å². The fourth-order valence-electron chi connectivity index (χ4n) is 2.67. The zero-order valence-corrected chi connectivity index (χ0v) is 13.9. The minimum Gasteiger partial charge on any atom is -0.399 e. The van der Waals surface area contributed by atoms with E-state index in [0.29, 0.717) is 5.25 Å². The first-order valence-corrected chi connectivity index (χ1v) is 9.56. The van der Waals surface area contributed by atoms with Crippen molar-refractivity contribution in [3.63, 3.8) is 0 Å². The molecular formula is C14H21FN2O2S2. The molecule has 1 fully saturated rings. The Morgan fingerprint density at radius 1 is 1.43 bits per heavy atom. The van der Waals surface area contributed by atoms with E-state index in [-0.39, 0.29) is 22.2 Å². The van der Waals surface area contributed by atoms with Crippen molar-refractivity contribution in [3.8, 4) is 0 Å². The molecule has 1 aromatic rings. The zero-order valence-electron chi connectivity index (χ0n) is 12.2. The van der Waals surface area contributed by atoms with Crippen molar-refractivity contribution in [3.05, 3.63) is 23.5 Å². The number of hydrogen-bond acceptors (Lipinski definition) is 4. The summed E-state index contributed by atoms with van der Waals surface area (Å²) in [6, 6.07) is 2.37. The monoisotopic (exact) mass is 332 g/mol. The van der Waals surface area contributed by atoms with Crippen molar-refractivity contribution < 1.29 is 12.8 Å². The van der Waals surface area contributed by atoms with Gasteiger partial charge in [0.25, 0.3) is 0 Å². The number of thioether (sulfide) groups is 1. The van der Waals surface area contributed by atoms with Gasteiger partial charge in [0.15, 0.2) is 0 Å².